The third kappa shape index (κ3) is 2.23. The number of hydrogen-bond acceptors (Lipinski definition) is 2. The van der Waals surface area contributed by atoms with Crippen molar-refractivity contribution in [3.63, 3.8) is 0 Å². The SMILES string of the molecule is Cc1ccc(-c2sc3ccc(Cl)cc3c2-c2ncc[nH]2)cc1. The number of imidazole rings is 1. The highest BCUT2D eigenvalue weighted by molar-refractivity contribution is 7.23. The van der Waals surface area contributed by atoms with Gasteiger partial charge in [0.1, 0.15) is 5.82 Å². The fourth-order valence-corrected chi connectivity index (χ4v) is 3.98. The van der Waals surface area contributed by atoms with Crippen LogP contribution in [0.3, 0.4) is 0 Å². The monoisotopic (exact) mass is 324 g/mol. The Morgan fingerprint density at radius 2 is 1.91 bits per heavy atom. The minimum Gasteiger partial charge on any atom is -0.345 e. The molecule has 2 aromatic heterocycles. The summed E-state index contributed by atoms with van der Waals surface area (Å²) >= 11 is 7.97. The van der Waals surface area contributed by atoms with Crippen LogP contribution in [0.4, 0.5) is 0 Å². The Hall–Kier alpha value is -2.10. The number of nitrogens with one attached hydrogen (secondary N) is 1. The van der Waals surface area contributed by atoms with E-state index in [-0.39, 0.29) is 0 Å². The van der Waals surface area contributed by atoms with E-state index < -0.39 is 0 Å². The van der Waals surface area contributed by atoms with Gasteiger partial charge >= 0.3 is 0 Å². The lowest BCUT2D eigenvalue weighted by Crippen LogP contribution is -1.83. The molecular weight excluding hydrogens is 312 g/mol. The van der Waals surface area contributed by atoms with Gasteiger partial charge in [0.15, 0.2) is 0 Å². The van der Waals surface area contributed by atoms with Crippen molar-refractivity contribution in [3.8, 4) is 21.8 Å². The van der Waals surface area contributed by atoms with E-state index in [0.717, 1.165) is 21.8 Å². The molecule has 108 valence electrons. The summed E-state index contributed by atoms with van der Waals surface area (Å²) in [4.78, 5) is 8.89. The number of benzene rings is 2. The minimum absolute atomic E-state index is 0.744. The third-order valence-corrected chi connectivity index (χ3v) is 5.15. The molecular formula is C18H13ClN2S. The molecule has 2 nitrogen and oxygen atoms in total. The molecule has 4 aromatic rings. The zero-order valence-electron chi connectivity index (χ0n) is 11.9. The predicted octanol–water partition coefficient (Wildman–Crippen LogP) is 5.92. The lowest BCUT2D eigenvalue weighted by atomic mass is 10.0. The topological polar surface area (TPSA) is 28.7 Å². The summed E-state index contributed by atoms with van der Waals surface area (Å²) in [6, 6.07) is 14.6. The third-order valence-electron chi connectivity index (χ3n) is 3.70. The summed E-state index contributed by atoms with van der Waals surface area (Å²) < 4.78 is 1.21. The summed E-state index contributed by atoms with van der Waals surface area (Å²) in [5.74, 6) is 0.879. The Bertz CT molecular complexity index is 937. The molecule has 0 spiro atoms. The van der Waals surface area contributed by atoms with Crippen molar-refractivity contribution in [1.29, 1.82) is 0 Å². The molecule has 4 heteroatoms. The Morgan fingerprint density at radius 3 is 2.64 bits per heavy atom. The standard InChI is InChI=1S/C18H13ClN2S/c1-11-2-4-12(5-3-11)17-16(18-20-8-9-21-18)14-10-13(19)6-7-15(14)22-17/h2-10H,1H3,(H,20,21). The second-order valence-corrected chi connectivity index (χ2v) is 6.74. The van der Waals surface area contributed by atoms with Crippen molar-refractivity contribution < 1.29 is 0 Å². The number of aromatic nitrogens is 2. The van der Waals surface area contributed by atoms with Crippen LogP contribution in [0.1, 0.15) is 5.56 Å². The van der Waals surface area contributed by atoms with Crippen LogP contribution in [0.2, 0.25) is 5.02 Å². The van der Waals surface area contributed by atoms with Gasteiger partial charge in [0, 0.05) is 37.9 Å². The number of rotatable bonds is 2. The zero-order chi connectivity index (χ0) is 15.1. The molecule has 0 bridgehead atoms. The number of halogens is 1. The van der Waals surface area contributed by atoms with Crippen LogP contribution in [-0.4, -0.2) is 9.97 Å². The molecule has 0 saturated carbocycles. The maximum atomic E-state index is 6.20. The molecule has 0 aliphatic heterocycles. The second kappa shape index (κ2) is 5.27. The Labute approximate surface area is 137 Å². The van der Waals surface area contributed by atoms with Gasteiger partial charge in [-0.3, -0.25) is 0 Å². The van der Waals surface area contributed by atoms with E-state index in [2.05, 4.69) is 47.2 Å². The summed E-state index contributed by atoms with van der Waals surface area (Å²) in [6.45, 7) is 2.10. The highest BCUT2D eigenvalue weighted by atomic mass is 35.5. The molecule has 2 heterocycles. The number of fused-ring (bicyclic) bond motifs is 1. The van der Waals surface area contributed by atoms with Crippen molar-refractivity contribution in [2.75, 3.05) is 0 Å². The zero-order valence-corrected chi connectivity index (χ0v) is 13.5. The number of aryl methyl sites for hydroxylation is 1. The highest BCUT2D eigenvalue weighted by Gasteiger charge is 2.17. The maximum absolute atomic E-state index is 6.20. The average molecular weight is 325 g/mol. The van der Waals surface area contributed by atoms with Crippen molar-refractivity contribution in [1.82, 2.24) is 9.97 Å². The molecule has 0 aliphatic carbocycles. The number of hydrogen-bond donors (Lipinski definition) is 1. The molecule has 0 saturated heterocycles. The summed E-state index contributed by atoms with van der Waals surface area (Å²) in [5.41, 5.74) is 3.58. The van der Waals surface area contributed by atoms with E-state index in [4.69, 9.17) is 11.6 Å². The van der Waals surface area contributed by atoms with Crippen molar-refractivity contribution in [2.24, 2.45) is 0 Å². The largest absolute Gasteiger partial charge is 0.345 e. The maximum Gasteiger partial charge on any atom is 0.139 e. The molecule has 22 heavy (non-hydrogen) atoms. The van der Waals surface area contributed by atoms with E-state index in [9.17, 15) is 0 Å². The van der Waals surface area contributed by atoms with Gasteiger partial charge in [-0.25, -0.2) is 4.98 Å². The number of aromatic amines is 1. The van der Waals surface area contributed by atoms with Crippen LogP contribution in [0, 0.1) is 6.92 Å². The molecule has 0 aliphatic rings. The lowest BCUT2D eigenvalue weighted by molar-refractivity contribution is 1.32. The van der Waals surface area contributed by atoms with Crippen molar-refractivity contribution in [3.05, 3.63) is 65.4 Å². The van der Waals surface area contributed by atoms with Gasteiger partial charge in [-0.2, -0.15) is 0 Å². The van der Waals surface area contributed by atoms with Crippen LogP contribution >= 0.6 is 22.9 Å². The van der Waals surface area contributed by atoms with Gasteiger partial charge in [-0.05, 0) is 30.7 Å². The van der Waals surface area contributed by atoms with E-state index in [1.807, 2.05) is 18.3 Å². The van der Waals surface area contributed by atoms with Gasteiger partial charge in [-0.1, -0.05) is 41.4 Å². The van der Waals surface area contributed by atoms with Crippen LogP contribution in [-0.2, 0) is 0 Å². The Balaban J connectivity index is 2.05. The first-order valence-corrected chi connectivity index (χ1v) is 8.20. The molecule has 0 radical (unpaired) electrons. The van der Waals surface area contributed by atoms with Crippen LogP contribution < -0.4 is 0 Å². The average Bonchev–Trinajstić information content (AvgIpc) is 3.14. The fourth-order valence-electron chi connectivity index (χ4n) is 2.62. The molecule has 0 unspecified atom stereocenters. The van der Waals surface area contributed by atoms with Gasteiger partial charge in [0.2, 0.25) is 0 Å². The molecule has 1 N–H and O–H groups in total. The summed E-state index contributed by atoms with van der Waals surface area (Å²) in [7, 11) is 0. The highest BCUT2D eigenvalue weighted by Crippen LogP contribution is 2.44. The normalized spacial score (nSPS) is 11.2. The predicted molar refractivity (Wildman–Crippen MR) is 94.6 cm³/mol. The Morgan fingerprint density at radius 1 is 1.09 bits per heavy atom. The van der Waals surface area contributed by atoms with Gasteiger partial charge in [0.25, 0.3) is 0 Å². The van der Waals surface area contributed by atoms with Gasteiger partial charge < -0.3 is 4.98 Å². The first-order chi connectivity index (χ1) is 10.7. The number of H-pyrrole nitrogens is 1. The van der Waals surface area contributed by atoms with Gasteiger partial charge in [-0.15, -0.1) is 11.3 Å². The van der Waals surface area contributed by atoms with Crippen LogP contribution in [0.5, 0.6) is 0 Å². The van der Waals surface area contributed by atoms with Crippen LogP contribution in [0.25, 0.3) is 31.9 Å². The molecule has 0 atom stereocenters. The Kier molecular flexibility index (Phi) is 3.25. The van der Waals surface area contributed by atoms with Crippen molar-refractivity contribution in [2.45, 2.75) is 6.92 Å². The second-order valence-electron chi connectivity index (χ2n) is 5.25. The first kappa shape index (κ1) is 13.6. The molecule has 0 amide bonds. The van der Waals surface area contributed by atoms with E-state index in [0.29, 0.717) is 0 Å². The summed E-state index contributed by atoms with van der Waals surface area (Å²) in [5, 5.41) is 1.89. The van der Waals surface area contributed by atoms with Crippen molar-refractivity contribution >= 4 is 33.0 Å². The van der Waals surface area contributed by atoms with E-state index in [1.54, 1.807) is 17.5 Å². The molecule has 0 fully saturated rings. The minimum atomic E-state index is 0.744. The lowest BCUT2D eigenvalue weighted by Gasteiger charge is -2.03. The molecule has 4 rings (SSSR count). The number of nitrogens with zero attached hydrogens (tertiary/aromatic N) is 1. The summed E-state index contributed by atoms with van der Waals surface area (Å²) in [6.07, 6.45) is 3.63. The van der Waals surface area contributed by atoms with Crippen LogP contribution in [0.15, 0.2) is 54.9 Å². The van der Waals surface area contributed by atoms with E-state index >= 15 is 0 Å². The molecule has 2 aromatic carbocycles. The van der Waals surface area contributed by atoms with Gasteiger partial charge in [0.05, 0.1) is 0 Å². The fraction of sp³-hybridized carbons (Fsp3) is 0.0556. The first-order valence-electron chi connectivity index (χ1n) is 7.01. The quantitative estimate of drug-likeness (QED) is 0.487. The van der Waals surface area contributed by atoms with E-state index in [1.165, 1.54) is 20.7 Å². The smallest absolute Gasteiger partial charge is 0.139 e. The number of thiophene rings is 1.